The molecule has 32 heavy (non-hydrogen) atoms. The third-order valence-electron chi connectivity index (χ3n) is 5.97. The number of rotatable bonds is 5. The van der Waals surface area contributed by atoms with Gasteiger partial charge in [0.15, 0.2) is 0 Å². The Labute approximate surface area is 189 Å². The minimum atomic E-state index is -0.540. The van der Waals surface area contributed by atoms with E-state index < -0.39 is 11.8 Å². The number of carbonyl (C=O) groups is 2. The second-order valence-corrected chi connectivity index (χ2v) is 8.22. The van der Waals surface area contributed by atoms with Crippen molar-refractivity contribution >= 4 is 11.8 Å². The Hall–Kier alpha value is -3.44. The van der Waals surface area contributed by atoms with Gasteiger partial charge < -0.3 is 10.2 Å². The van der Waals surface area contributed by atoms with Crippen LogP contribution in [-0.2, 0) is 16.1 Å². The topological polar surface area (TPSA) is 52.7 Å². The molecule has 0 aliphatic carbocycles. The fourth-order valence-corrected chi connectivity index (χ4v) is 4.18. The van der Waals surface area contributed by atoms with E-state index in [1.165, 1.54) is 16.7 Å². The minimum Gasteiger partial charge on any atom is -0.344 e. The van der Waals surface area contributed by atoms with E-state index in [4.69, 9.17) is 0 Å². The molecule has 0 bridgehead atoms. The van der Waals surface area contributed by atoms with E-state index >= 15 is 0 Å². The van der Waals surface area contributed by atoms with Crippen molar-refractivity contribution in [2.45, 2.75) is 19.5 Å². The molecule has 0 spiro atoms. The Bertz CT molecular complexity index is 988. The van der Waals surface area contributed by atoms with Crippen molar-refractivity contribution in [3.05, 3.63) is 107 Å². The molecule has 1 fully saturated rings. The summed E-state index contributed by atoms with van der Waals surface area (Å²) in [6.45, 7) is 4.87. The largest absolute Gasteiger partial charge is 0.344 e. The summed E-state index contributed by atoms with van der Waals surface area (Å²) >= 11 is 0. The van der Waals surface area contributed by atoms with E-state index in [0.717, 1.165) is 5.56 Å². The number of benzene rings is 3. The van der Waals surface area contributed by atoms with E-state index in [2.05, 4.69) is 58.7 Å². The molecule has 1 aliphatic rings. The van der Waals surface area contributed by atoms with Crippen molar-refractivity contribution in [3.8, 4) is 0 Å². The molecule has 164 valence electrons. The zero-order chi connectivity index (χ0) is 22.3. The Morgan fingerprint density at radius 3 is 1.84 bits per heavy atom. The Kier molecular flexibility index (Phi) is 6.97. The molecule has 2 amide bonds. The van der Waals surface area contributed by atoms with E-state index in [1.807, 2.05) is 43.3 Å². The van der Waals surface area contributed by atoms with Crippen molar-refractivity contribution < 1.29 is 9.59 Å². The standard InChI is InChI=1S/C27H29N3O2/c1-21-12-14-22(15-13-21)20-28-26(31)27(32)30-18-16-29(17-19-30)25(23-8-4-2-5-9-23)24-10-6-3-7-11-24/h2-15,25H,16-20H2,1H3,(H,28,31). The van der Waals surface area contributed by atoms with E-state index in [0.29, 0.717) is 32.7 Å². The monoisotopic (exact) mass is 427 g/mol. The summed E-state index contributed by atoms with van der Waals surface area (Å²) in [6, 6.07) is 28.9. The van der Waals surface area contributed by atoms with Crippen LogP contribution in [0.25, 0.3) is 0 Å². The maximum Gasteiger partial charge on any atom is 0.311 e. The van der Waals surface area contributed by atoms with Gasteiger partial charge >= 0.3 is 11.8 Å². The first kappa shape index (κ1) is 21.8. The molecule has 4 rings (SSSR count). The predicted octanol–water partition coefficient (Wildman–Crippen LogP) is 3.55. The van der Waals surface area contributed by atoms with Crippen molar-refractivity contribution in [1.82, 2.24) is 15.1 Å². The van der Waals surface area contributed by atoms with Crippen molar-refractivity contribution in [2.75, 3.05) is 26.2 Å². The molecule has 1 heterocycles. The summed E-state index contributed by atoms with van der Waals surface area (Å²) in [5, 5.41) is 2.76. The lowest BCUT2D eigenvalue weighted by atomic mass is 9.96. The van der Waals surface area contributed by atoms with Crippen molar-refractivity contribution in [3.63, 3.8) is 0 Å². The quantitative estimate of drug-likeness (QED) is 0.634. The fourth-order valence-electron chi connectivity index (χ4n) is 4.18. The molecule has 5 heteroatoms. The number of aryl methyl sites for hydroxylation is 1. The van der Waals surface area contributed by atoms with Crippen LogP contribution in [-0.4, -0.2) is 47.8 Å². The molecular formula is C27H29N3O2. The molecule has 1 aliphatic heterocycles. The van der Waals surface area contributed by atoms with Gasteiger partial charge in [0, 0.05) is 32.7 Å². The van der Waals surface area contributed by atoms with Crippen molar-refractivity contribution in [1.29, 1.82) is 0 Å². The minimum absolute atomic E-state index is 0.130. The van der Waals surface area contributed by atoms with Gasteiger partial charge in [-0.15, -0.1) is 0 Å². The number of amides is 2. The van der Waals surface area contributed by atoms with Gasteiger partial charge in [-0.05, 0) is 23.6 Å². The number of hydrogen-bond acceptors (Lipinski definition) is 3. The second-order valence-electron chi connectivity index (χ2n) is 8.22. The van der Waals surface area contributed by atoms with Gasteiger partial charge in [-0.1, -0.05) is 90.5 Å². The van der Waals surface area contributed by atoms with Gasteiger partial charge in [-0.25, -0.2) is 0 Å². The number of nitrogens with one attached hydrogen (secondary N) is 1. The first-order valence-electron chi connectivity index (χ1n) is 11.1. The maximum atomic E-state index is 12.7. The first-order valence-corrected chi connectivity index (χ1v) is 11.1. The fraction of sp³-hybridized carbons (Fsp3) is 0.259. The summed E-state index contributed by atoms with van der Waals surface area (Å²) in [5.41, 5.74) is 4.61. The van der Waals surface area contributed by atoms with Gasteiger partial charge in [-0.2, -0.15) is 0 Å². The number of carbonyl (C=O) groups excluding carboxylic acids is 2. The van der Waals surface area contributed by atoms with E-state index in [9.17, 15) is 9.59 Å². The Balaban J connectivity index is 1.37. The highest BCUT2D eigenvalue weighted by molar-refractivity contribution is 6.35. The highest BCUT2D eigenvalue weighted by atomic mass is 16.2. The number of nitrogens with zero attached hydrogens (tertiary/aromatic N) is 2. The molecule has 0 saturated carbocycles. The van der Waals surface area contributed by atoms with Gasteiger partial charge in [-0.3, -0.25) is 14.5 Å². The van der Waals surface area contributed by atoms with Crippen LogP contribution in [0.15, 0.2) is 84.9 Å². The maximum absolute atomic E-state index is 12.7. The lowest BCUT2D eigenvalue weighted by Gasteiger charge is -2.39. The molecule has 3 aromatic rings. The highest BCUT2D eigenvalue weighted by Gasteiger charge is 2.30. The van der Waals surface area contributed by atoms with Crippen LogP contribution in [0, 0.1) is 6.92 Å². The molecule has 5 nitrogen and oxygen atoms in total. The summed E-state index contributed by atoms with van der Waals surface area (Å²) in [7, 11) is 0. The average Bonchev–Trinajstić information content (AvgIpc) is 2.85. The van der Waals surface area contributed by atoms with Gasteiger partial charge in [0.05, 0.1) is 6.04 Å². The van der Waals surface area contributed by atoms with Crippen LogP contribution in [0.3, 0.4) is 0 Å². The SMILES string of the molecule is Cc1ccc(CNC(=O)C(=O)N2CCN(C(c3ccccc3)c3ccccc3)CC2)cc1. The molecule has 1 N–H and O–H groups in total. The van der Waals surface area contributed by atoms with Gasteiger partial charge in [0.1, 0.15) is 0 Å². The molecule has 0 unspecified atom stereocenters. The molecule has 0 aromatic heterocycles. The summed E-state index contributed by atoms with van der Waals surface area (Å²) < 4.78 is 0. The molecule has 0 radical (unpaired) electrons. The van der Waals surface area contributed by atoms with Gasteiger partial charge in [0.25, 0.3) is 0 Å². The van der Waals surface area contributed by atoms with Gasteiger partial charge in [0.2, 0.25) is 0 Å². The van der Waals surface area contributed by atoms with E-state index in [-0.39, 0.29) is 6.04 Å². The van der Waals surface area contributed by atoms with Crippen LogP contribution in [0.1, 0.15) is 28.3 Å². The zero-order valence-corrected chi connectivity index (χ0v) is 18.4. The second kappa shape index (κ2) is 10.2. The predicted molar refractivity (Wildman–Crippen MR) is 126 cm³/mol. The summed E-state index contributed by atoms with van der Waals surface area (Å²) in [6.07, 6.45) is 0. The third kappa shape index (κ3) is 5.24. The van der Waals surface area contributed by atoms with Crippen LogP contribution in [0.4, 0.5) is 0 Å². The normalized spacial score (nSPS) is 14.4. The van der Waals surface area contributed by atoms with Crippen LogP contribution in [0.2, 0.25) is 0 Å². The lowest BCUT2D eigenvalue weighted by molar-refractivity contribution is -0.147. The molecule has 3 aromatic carbocycles. The third-order valence-corrected chi connectivity index (χ3v) is 5.97. The number of piperazine rings is 1. The van der Waals surface area contributed by atoms with Crippen LogP contribution in [0.5, 0.6) is 0 Å². The average molecular weight is 428 g/mol. The molecule has 0 atom stereocenters. The highest BCUT2D eigenvalue weighted by Crippen LogP contribution is 2.29. The summed E-state index contributed by atoms with van der Waals surface area (Å²) in [5.74, 6) is -0.991. The lowest BCUT2D eigenvalue weighted by Crippen LogP contribution is -2.53. The molecule has 1 saturated heterocycles. The Morgan fingerprint density at radius 2 is 1.31 bits per heavy atom. The smallest absolute Gasteiger partial charge is 0.311 e. The van der Waals surface area contributed by atoms with Crippen LogP contribution >= 0.6 is 0 Å². The zero-order valence-electron chi connectivity index (χ0n) is 18.4. The number of hydrogen-bond donors (Lipinski definition) is 1. The first-order chi connectivity index (χ1) is 15.6. The summed E-state index contributed by atoms with van der Waals surface area (Å²) in [4.78, 5) is 29.2. The Morgan fingerprint density at radius 1 is 0.781 bits per heavy atom. The van der Waals surface area contributed by atoms with Crippen molar-refractivity contribution in [2.24, 2.45) is 0 Å². The van der Waals surface area contributed by atoms with Crippen LogP contribution < -0.4 is 5.32 Å². The molecular weight excluding hydrogens is 398 g/mol. The van der Waals surface area contributed by atoms with E-state index in [1.54, 1.807) is 4.90 Å².